The lowest BCUT2D eigenvalue weighted by Gasteiger charge is -2.20. The predicted octanol–water partition coefficient (Wildman–Crippen LogP) is 4.74. The highest BCUT2D eigenvalue weighted by atomic mass is 16.1. The van der Waals surface area contributed by atoms with Gasteiger partial charge in [0.15, 0.2) is 0 Å². The smallest absolute Gasteiger partial charge is 0.138 e. The molecule has 0 radical (unpaired) electrons. The molecule has 1 atom stereocenters. The van der Waals surface area contributed by atoms with Gasteiger partial charge in [-0.1, -0.05) is 50.2 Å². The molecule has 25 heavy (non-hydrogen) atoms. The first-order valence-electron chi connectivity index (χ1n) is 9.10. The summed E-state index contributed by atoms with van der Waals surface area (Å²) in [5.41, 5.74) is 3.11. The molecule has 1 aromatic carbocycles. The van der Waals surface area contributed by atoms with E-state index in [1.807, 2.05) is 41.1 Å². The molecule has 0 spiro atoms. The van der Waals surface area contributed by atoms with Crippen LogP contribution in [0.4, 0.5) is 0 Å². The Bertz CT molecular complexity index is 787. The number of ketones is 1. The number of carbonyl (C=O) groups excluding carboxylic acids is 1. The molecule has 0 fully saturated rings. The fourth-order valence-corrected chi connectivity index (χ4v) is 3.30. The molecule has 0 saturated heterocycles. The summed E-state index contributed by atoms with van der Waals surface area (Å²) in [4.78, 5) is 16.9. The molecule has 3 aromatic rings. The number of nitrogens with zero attached hydrogens (tertiary/aromatic N) is 2. The monoisotopic (exact) mass is 334 g/mol. The number of carbonyl (C=O) groups is 1. The van der Waals surface area contributed by atoms with Gasteiger partial charge in [0.2, 0.25) is 0 Å². The minimum Gasteiger partial charge on any atom is -0.307 e. The van der Waals surface area contributed by atoms with E-state index in [4.69, 9.17) is 0 Å². The lowest BCUT2D eigenvalue weighted by Crippen LogP contribution is -2.15. The van der Waals surface area contributed by atoms with Crippen molar-refractivity contribution in [1.82, 2.24) is 9.38 Å². The van der Waals surface area contributed by atoms with Gasteiger partial charge < -0.3 is 4.40 Å². The van der Waals surface area contributed by atoms with Crippen LogP contribution in [-0.2, 0) is 17.6 Å². The summed E-state index contributed by atoms with van der Waals surface area (Å²) < 4.78 is 1.97. The molecular weight excluding hydrogens is 308 g/mol. The predicted molar refractivity (Wildman–Crippen MR) is 102 cm³/mol. The standard InChI is InChI=1S/C22H26N2O/c1-17(2)19(14-18-8-4-3-5-9-18)11-12-21(25)15-20-16-24-13-7-6-10-22(24)23-20/h3-10,13,16-17,19H,11-12,14-15H2,1-2H3/t19-/m1/s1. The molecule has 2 heterocycles. The molecule has 2 aromatic heterocycles. The van der Waals surface area contributed by atoms with Gasteiger partial charge in [0.05, 0.1) is 12.1 Å². The molecule has 0 aliphatic rings. The van der Waals surface area contributed by atoms with Gasteiger partial charge in [-0.25, -0.2) is 4.98 Å². The van der Waals surface area contributed by atoms with Gasteiger partial charge in [-0.05, 0) is 42.4 Å². The Morgan fingerprint density at radius 2 is 1.84 bits per heavy atom. The van der Waals surface area contributed by atoms with Crippen molar-refractivity contribution in [3.05, 3.63) is 72.2 Å². The molecule has 0 bridgehead atoms. The van der Waals surface area contributed by atoms with E-state index < -0.39 is 0 Å². The highest BCUT2D eigenvalue weighted by Gasteiger charge is 2.16. The van der Waals surface area contributed by atoms with Gasteiger partial charge in [-0.15, -0.1) is 0 Å². The number of benzene rings is 1. The summed E-state index contributed by atoms with van der Waals surface area (Å²) in [6.07, 6.45) is 6.96. The Hall–Kier alpha value is -2.42. The van der Waals surface area contributed by atoms with Crippen LogP contribution >= 0.6 is 0 Å². The van der Waals surface area contributed by atoms with Crippen LogP contribution in [0, 0.1) is 11.8 Å². The van der Waals surface area contributed by atoms with E-state index in [9.17, 15) is 4.79 Å². The van der Waals surface area contributed by atoms with Crippen LogP contribution in [0.1, 0.15) is 37.9 Å². The lowest BCUT2D eigenvalue weighted by molar-refractivity contribution is -0.118. The summed E-state index contributed by atoms with van der Waals surface area (Å²) in [5.74, 6) is 1.39. The Labute approximate surface area is 149 Å². The minimum absolute atomic E-state index is 0.280. The normalized spacial score (nSPS) is 12.6. The minimum atomic E-state index is 0.280. The molecule has 3 heteroatoms. The van der Waals surface area contributed by atoms with E-state index >= 15 is 0 Å². The number of rotatable bonds is 8. The molecule has 130 valence electrons. The van der Waals surface area contributed by atoms with Crippen molar-refractivity contribution >= 4 is 11.4 Å². The first kappa shape index (κ1) is 17.4. The molecule has 0 aliphatic heterocycles. The van der Waals surface area contributed by atoms with E-state index in [1.54, 1.807) is 0 Å². The van der Waals surface area contributed by atoms with Crippen LogP contribution in [0.15, 0.2) is 60.9 Å². The number of fused-ring (bicyclic) bond motifs is 1. The van der Waals surface area contributed by atoms with Crippen molar-refractivity contribution in [3.8, 4) is 0 Å². The van der Waals surface area contributed by atoms with Crippen LogP contribution in [-0.4, -0.2) is 15.2 Å². The third-order valence-corrected chi connectivity index (χ3v) is 4.87. The quantitative estimate of drug-likeness (QED) is 0.596. The van der Waals surface area contributed by atoms with Crippen LogP contribution in [0.25, 0.3) is 5.65 Å². The number of pyridine rings is 1. The van der Waals surface area contributed by atoms with Crippen LogP contribution < -0.4 is 0 Å². The summed E-state index contributed by atoms with van der Waals surface area (Å²) in [7, 11) is 0. The molecule has 0 saturated carbocycles. The van der Waals surface area contributed by atoms with Crippen molar-refractivity contribution < 1.29 is 4.79 Å². The van der Waals surface area contributed by atoms with Crippen molar-refractivity contribution in [3.63, 3.8) is 0 Å². The van der Waals surface area contributed by atoms with Gasteiger partial charge in [0.25, 0.3) is 0 Å². The van der Waals surface area contributed by atoms with E-state index in [0.717, 1.165) is 24.2 Å². The van der Waals surface area contributed by atoms with E-state index in [-0.39, 0.29) is 5.78 Å². The summed E-state index contributed by atoms with van der Waals surface area (Å²) in [6, 6.07) is 16.5. The lowest BCUT2D eigenvalue weighted by atomic mass is 9.85. The van der Waals surface area contributed by atoms with Crippen LogP contribution in [0.2, 0.25) is 0 Å². The highest BCUT2D eigenvalue weighted by Crippen LogP contribution is 2.23. The number of hydrogen-bond donors (Lipinski definition) is 0. The maximum atomic E-state index is 12.4. The summed E-state index contributed by atoms with van der Waals surface area (Å²) in [6.45, 7) is 4.50. The molecular formula is C22H26N2O. The first-order valence-corrected chi connectivity index (χ1v) is 9.10. The molecule has 0 aliphatic carbocycles. The second kappa shape index (κ2) is 8.11. The number of Topliss-reactive ketones (excluding diaryl/α,β-unsaturated/α-hetero) is 1. The molecule has 0 unspecified atom stereocenters. The molecule has 3 nitrogen and oxygen atoms in total. The Morgan fingerprint density at radius 1 is 1.08 bits per heavy atom. The summed E-state index contributed by atoms with van der Waals surface area (Å²) >= 11 is 0. The first-order chi connectivity index (χ1) is 12.1. The number of hydrogen-bond acceptors (Lipinski definition) is 2. The fraction of sp³-hybridized carbons (Fsp3) is 0.364. The SMILES string of the molecule is CC(C)[C@H](CCC(=O)Cc1cn2ccccc2n1)Cc1ccccc1. The van der Waals surface area contributed by atoms with Crippen molar-refractivity contribution in [2.45, 2.75) is 39.5 Å². The van der Waals surface area contributed by atoms with Gasteiger partial charge in [0, 0.05) is 18.8 Å². The second-order valence-electron chi connectivity index (χ2n) is 7.15. The Balaban J connectivity index is 1.56. The number of imidazole rings is 1. The van der Waals surface area contributed by atoms with Crippen molar-refractivity contribution in [1.29, 1.82) is 0 Å². The molecule has 0 amide bonds. The highest BCUT2D eigenvalue weighted by molar-refractivity contribution is 5.80. The molecule has 0 N–H and O–H groups in total. The third kappa shape index (κ3) is 4.79. The fourth-order valence-electron chi connectivity index (χ4n) is 3.30. The van der Waals surface area contributed by atoms with Gasteiger partial charge in [-0.3, -0.25) is 4.79 Å². The third-order valence-electron chi connectivity index (χ3n) is 4.87. The van der Waals surface area contributed by atoms with Crippen LogP contribution in [0.3, 0.4) is 0 Å². The van der Waals surface area contributed by atoms with Gasteiger partial charge >= 0.3 is 0 Å². The Kier molecular flexibility index (Phi) is 5.64. The maximum Gasteiger partial charge on any atom is 0.138 e. The average molecular weight is 334 g/mol. The van der Waals surface area contributed by atoms with Gasteiger partial charge in [-0.2, -0.15) is 0 Å². The largest absolute Gasteiger partial charge is 0.307 e. The number of aromatic nitrogens is 2. The van der Waals surface area contributed by atoms with Crippen molar-refractivity contribution in [2.24, 2.45) is 11.8 Å². The van der Waals surface area contributed by atoms with E-state index in [2.05, 4.69) is 43.1 Å². The molecule has 3 rings (SSSR count). The Morgan fingerprint density at radius 3 is 2.56 bits per heavy atom. The zero-order valence-electron chi connectivity index (χ0n) is 15.1. The zero-order chi connectivity index (χ0) is 17.6. The van der Waals surface area contributed by atoms with E-state index in [1.165, 1.54) is 5.56 Å². The maximum absolute atomic E-state index is 12.4. The summed E-state index contributed by atoms with van der Waals surface area (Å²) in [5, 5.41) is 0. The zero-order valence-corrected chi connectivity index (χ0v) is 15.1. The second-order valence-corrected chi connectivity index (χ2v) is 7.15. The van der Waals surface area contributed by atoms with E-state index in [0.29, 0.717) is 24.7 Å². The topological polar surface area (TPSA) is 34.4 Å². The van der Waals surface area contributed by atoms with Crippen LogP contribution in [0.5, 0.6) is 0 Å². The van der Waals surface area contributed by atoms with Gasteiger partial charge in [0.1, 0.15) is 11.4 Å². The van der Waals surface area contributed by atoms with Crippen molar-refractivity contribution in [2.75, 3.05) is 0 Å². The average Bonchev–Trinajstić information content (AvgIpc) is 3.01.